The number of pyridine rings is 1. The average molecular weight is 434 g/mol. The number of aryl methyl sites for hydroxylation is 1. The van der Waals surface area contributed by atoms with Crippen molar-refractivity contribution in [3.8, 4) is 17.2 Å². The van der Waals surface area contributed by atoms with Gasteiger partial charge in [0.15, 0.2) is 12.4 Å². The lowest BCUT2D eigenvalue weighted by molar-refractivity contribution is -0.671. The van der Waals surface area contributed by atoms with Gasteiger partial charge in [-0.25, -0.2) is 4.57 Å². The van der Waals surface area contributed by atoms with Gasteiger partial charge in [-0.3, -0.25) is 0 Å². The summed E-state index contributed by atoms with van der Waals surface area (Å²) in [7, 11) is 4.12. The van der Waals surface area contributed by atoms with Crippen LogP contribution in [0.4, 0.5) is 5.69 Å². The molecule has 162 valence electrons. The van der Waals surface area contributed by atoms with Crippen LogP contribution in [0.5, 0.6) is 11.5 Å². The molecule has 0 fully saturated rings. The van der Waals surface area contributed by atoms with E-state index in [2.05, 4.69) is 111 Å². The zero-order chi connectivity index (χ0) is 22.4. The number of ether oxygens (including phenoxy) is 1. The molecule has 0 N–H and O–H groups in total. The molecule has 0 spiro atoms. The Hall–Kier alpha value is -4.25. The Morgan fingerprint density at radius 3 is 2.42 bits per heavy atom. The van der Waals surface area contributed by atoms with Gasteiger partial charge in [-0.1, -0.05) is 24.3 Å². The van der Waals surface area contributed by atoms with Gasteiger partial charge in [-0.15, -0.1) is 0 Å². The molecule has 0 radical (unpaired) electrons. The highest BCUT2D eigenvalue weighted by atomic mass is 16.5. The standard InChI is InChI=1S/C28H25N4O/c1-29-14-6-8-22(19-29)32-27-11-4-3-10-25(27)26-13-12-24(18-28(26)32)33-23-9-5-7-21(17-23)31-16-15-30(2)20-31/h3-19H,20H2,1-2H3/q+1. The van der Waals surface area contributed by atoms with Crippen molar-refractivity contribution in [1.82, 2.24) is 9.47 Å². The smallest absolute Gasteiger partial charge is 0.192 e. The molecule has 0 aliphatic carbocycles. The lowest BCUT2D eigenvalue weighted by atomic mass is 10.1. The molecule has 6 rings (SSSR count). The summed E-state index contributed by atoms with van der Waals surface area (Å²) < 4.78 is 10.7. The van der Waals surface area contributed by atoms with Crippen molar-refractivity contribution in [1.29, 1.82) is 0 Å². The minimum atomic E-state index is 0.818. The summed E-state index contributed by atoms with van der Waals surface area (Å²) in [5.74, 6) is 1.64. The Bertz CT molecular complexity index is 1520. The minimum Gasteiger partial charge on any atom is -0.457 e. The van der Waals surface area contributed by atoms with Crippen molar-refractivity contribution in [3.63, 3.8) is 0 Å². The lowest BCUT2D eigenvalue weighted by Crippen LogP contribution is -2.27. The molecular weight excluding hydrogens is 408 g/mol. The van der Waals surface area contributed by atoms with Gasteiger partial charge in [0.25, 0.3) is 0 Å². The second-order valence-electron chi connectivity index (χ2n) is 8.52. The van der Waals surface area contributed by atoms with E-state index in [-0.39, 0.29) is 0 Å². The highest BCUT2D eigenvalue weighted by Crippen LogP contribution is 2.35. The first-order valence-corrected chi connectivity index (χ1v) is 11.1. The quantitative estimate of drug-likeness (QED) is 0.346. The summed E-state index contributed by atoms with van der Waals surface area (Å²) in [6.07, 6.45) is 8.35. The number of hydrogen-bond donors (Lipinski definition) is 0. The van der Waals surface area contributed by atoms with Crippen LogP contribution in [0.25, 0.3) is 27.5 Å². The molecule has 2 aromatic heterocycles. The van der Waals surface area contributed by atoms with Gasteiger partial charge in [0, 0.05) is 54.1 Å². The summed E-state index contributed by atoms with van der Waals surface area (Å²) >= 11 is 0. The molecule has 0 bridgehead atoms. The minimum absolute atomic E-state index is 0.818. The van der Waals surface area contributed by atoms with Crippen LogP contribution in [0.1, 0.15) is 0 Å². The molecule has 1 aliphatic rings. The largest absolute Gasteiger partial charge is 0.457 e. The van der Waals surface area contributed by atoms with E-state index in [0.717, 1.165) is 35.1 Å². The zero-order valence-electron chi connectivity index (χ0n) is 18.7. The second-order valence-corrected chi connectivity index (χ2v) is 8.52. The van der Waals surface area contributed by atoms with Gasteiger partial charge in [-0.2, -0.15) is 0 Å². The third-order valence-electron chi connectivity index (χ3n) is 6.09. The number of nitrogens with zero attached hydrogens (tertiary/aromatic N) is 4. The van der Waals surface area contributed by atoms with Gasteiger partial charge in [-0.05, 0) is 36.4 Å². The number of para-hydroxylation sites is 1. The summed E-state index contributed by atoms with van der Waals surface area (Å²) in [5, 5.41) is 2.45. The van der Waals surface area contributed by atoms with Crippen molar-refractivity contribution in [3.05, 3.63) is 104 Å². The van der Waals surface area contributed by atoms with Gasteiger partial charge in [0.05, 0.1) is 17.7 Å². The molecule has 1 aliphatic heterocycles. The van der Waals surface area contributed by atoms with Gasteiger partial charge < -0.3 is 19.1 Å². The fraction of sp³-hybridized carbons (Fsp3) is 0.107. The van der Waals surface area contributed by atoms with E-state index in [4.69, 9.17) is 4.74 Å². The Morgan fingerprint density at radius 2 is 1.58 bits per heavy atom. The highest BCUT2D eigenvalue weighted by Gasteiger charge is 2.15. The zero-order valence-corrected chi connectivity index (χ0v) is 18.7. The molecule has 0 amide bonds. The van der Waals surface area contributed by atoms with Crippen molar-refractivity contribution < 1.29 is 9.30 Å². The van der Waals surface area contributed by atoms with Crippen LogP contribution in [-0.2, 0) is 7.05 Å². The van der Waals surface area contributed by atoms with Crippen LogP contribution < -0.4 is 14.2 Å². The average Bonchev–Trinajstić information content (AvgIpc) is 3.40. The number of aromatic nitrogens is 2. The molecule has 3 heterocycles. The van der Waals surface area contributed by atoms with Crippen LogP contribution >= 0.6 is 0 Å². The Balaban J connectivity index is 1.43. The molecule has 5 heteroatoms. The predicted octanol–water partition coefficient (Wildman–Crippen LogP) is 5.58. The van der Waals surface area contributed by atoms with Crippen LogP contribution in [0.2, 0.25) is 0 Å². The van der Waals surface area contributed by atoms with Gasteiger partial charge in [0.1, 0.15) is 24.2 Å². The van der Waals surface area contributed by atoms with Crippen LogP contribution in [0.3, 0.4) is 0 Å². The maximum Gasteiger partial charge on any atom is 0.192 e. The number of fused-ring (bicyclic) bond motifs is 3. The Morgan fingerprint density at radius 1 is 0.758 bits per heavy atom. The van der Waals surface area contributed by atoms with Crippen LogP contribution in [0.15, 0.2) is 104 Å². The SMILES string of the molecule is CN1C=CN(c2cccc(Oc3ccc4c5ccccc5n(-c5ccc[n+](C)c5)c4c3)c2)C1. The fourth-order valence-electron chi connectivity index (χ4n) is 4.55. The summed E-state index contributed by atoms with van der Waals surface area (Å²) in [5.41, 5.74) is 4.54. The van der Waals surface area contributed by atoms with E-state index < -0.39 is 0 Å². The maximum absolute atomic E-state index is 6.34. The highest BCUT2D eigenvalue weighted by molar-refractivity contribution is 6.09. The fourth-order valence-corrected chi connectivity index (χ4v) is 4.55. The first-order chi connectivity index (χ1) is 16.2. The molecule has 0 atom stereocenters. The van der Waals surface area contributed by atoms with E-state index in [0.29, 0.717) is 0 Å². The van der Waals surface area contributed by atoms with E-state index in [1.165, 1.54) is 16.3 Å². The number of hydrogen-bond acceptors (Lipinski definition) is 3. The van der Waals surface area contributed by atoms with Crippen molar-refractivity contribution in [2.45, 2.75) is 0 Å². The molecule has 3 aromatic carbocycles. The number of benzene rings is 3. The summed E-state index contributed by atoms with van der Waals surface area (Å²) in [6.45, 7) is 0.837. The number of rotatable bonds is 4. The Labute approximate surface area is 193 Å². The second kappa shape index (κ2) is 7.71. The predicted molar refractivity (Wildman–Crippen MR) is 133 cm³/mol. The van der Waals surface area contributed by atoms with E-state index >= 15 is 0 Å². The molecule has 0 saturated carbocycles. The molecule has 33 heavy (non-hydrogen) atoms. The third-order valence-corrected chi connectivity index (χ3v) is 6.09. The van der Waals surface area contributed by atoms with Crippen molar-refractivity contribution >= 4 is 27.5 Å². The molecular formula is C28H25N4O+. The molecule has 5 aromatic rings. The molecule has 0 unspecified atom stereocenters. The number of anilines is 1. The maximum atomic E-state index is 6.34. The van der Waals surface area contributed by atoms with E-state index in [1.54, 1.807) is 0 Å². The van der Waals surface area contributed by atoms with Crippen LogP contribution in [0, 0.1) is 0 Å². The van der Waals surface area contributed by atoms with E-state index in [9.17, 15) is 0 Å². The lowest BCUT2D eigenvalue weighted by Gasteiger charge is -2.19. The summed E-state index contributed by atoms with van der Waals surface area (Å²) in [4.78, 5) is 4.34. The normalized spacial score (nSPS) is 13.4. The summed E-state index contributed by atoms with van der Waals surface area (Å²) in [6, 6.07) is 27.3. The van der Waals surface area contributed by atoms with Gasteiger partial charge in [0.2, 0.25) is 0 Å². The Kier molecular flexibility index (Phi) is 4.54. The van der Waals surface area contributed by atoms with E-state index in [1.807, 2.05) is 25.4 Å². The molecule has 5 nitrogen and oxygen atoms in total. The van der Waals surface area contributed by atoms with Crippen molar-refractivity contribution in [2.75, 3.05) is 18.6 Å². The van der Waals surface area contributed by atoms with Crippen LogP contribution in [-0.4, -0.2) is 23.2 Å². The molecule has 0 saturated heterocycles. The third kappa shape index (κ3) is 3.48. The first kappa shape index (κ1) is 19.4. The van der Waals surface area contributed by atoms with Crippen molar-refractivity contribution in [2.24, 2.45) is 7.05 Å². The topological polar surface area (TPSA) is 24.5 Å². The van der Waals surface area contributed by atoms with Gasteiger partial charge >= 0.3 is 0 Å². The first-order valence-electron chi connectivity index (χ1n) is 11.1. The monoisotopic (exact) mass is 433 g/mol.